The number of methoxy groups -OCH3 is 2. The third-order valence-electron chi connectivity index (χ3n) is 2.29. The summed E-state index contributed by atoms with van der Waals surface area (Å²) in [5.74, 6) is 12.9. The normalized spacial score (nSPS) is 7.70. The summed E-state index contributed by atoms with van der Waals surface area (Å²) in [5, 5.41) is 0. The maximum atomic E-state index is 11.6. The van der Waals surface area contributed by atoms with Crippen molar-refractivity contribution < 1.29 is 36.6 Å². The number of rotatable bonds is 3. The molecule has 0 N–H and O–H groups in total. The molecule has 0 aliphatic rings. The van der Waals surface area contributed by atoms with Crippen LogP contribution in [0.4, 0.5) is 0 Å². The second kappa shape index (κ2) is 9.19. The van der Waals surface area contributed by atoms with Gasteiger partial charge in [0.2, 0.25) is 0 Å². The van der Waals surface area contributed by atoms with Crippen LogP contribution in [0.5, 0.6) is 5.75 Å². The number of ether oxygens (including phenoxy) is 3. The molecular formula is C18H28O5. The van der Waals surface area contributed by atoms with Crippen LogP contribution >= 0.6 is 0 Å². The van der Waals surface area contributed by atoms with Crippen LogP contribution in [0.2, 0.25) is 0 Å². The molecule has 0 aliphatic heterocycles. The van der Waals surface area contributed by atoms with E-state index in [-0.39, 0.29) is 29.7 Å². The average molecular weight is 324 g/mol. The summed E-state index contributed by atoms with van der Waals surface area (Å²) < 4.78 is 14.3. The second-order valence-corrected chi connectivity index (χ2v) is 3.70. The summed E-state index contributed by atoms with van der Waals surface area (Å²) in [7, 11) is 2.45. The standard InChI is InChI=1S/C18H10O5.9H2/c1-4-5-6-7-8-9-10-23-16-12-14(17(19)21-2)11-15(13-16)18(20)22-3;;;;;;;;;/h1,11-13H,2-3H3;9*1H. The van der Waals surface area contributed by atoms with Crippen LogP contribution in [-0.2, 0) is 9.47 Å². The van der Waals surface area contributed by atoms with E-state index in [1.165, 1.54) is 32.4 Å². The van der Waals surface area contributed by atoms with Crippen LogP contribution < -0.4 is 4.74 Å². The molecule has 0 aliphatic carbocycles. The Hall–Kier alpha value is -3.80. The summed E-state index contributed by atoms with van der Waals surface area (Å²) in [5.41, 5.74) is 0.247. The van der Waals surface area contributed by atoms with Gasteiger partial charge in [0, 0.05) is 30.6 Å². The van der Waals surface area contributed by atoms with Gasteiger partial charge in [-0.05, 0) is 36.0 Å². The number of hydrogen-bond acceptors (Lipinski definition) is 5. The Morgan fingerprint density at radius 2 is 1.43 bits per heavy atom. The third-order valence-corrected chi connectivity index (χ3v) is 2.29. The molecule has 23 heavy (non-hydrogen) atoms. The molecule has 5 nitrogen and oxygen atoms in total. The Kier molecular flexibility index (Phi) is 6.90. The smallest absolute Gasteiger partial charge is 0.338 e. The molecule has 0 unspecified atom stereocenters. The maximum Gasteiger partial charge on any atom is 0.338 e. The molecular weight excluding hydrogens is 296 g/mol. The van der Waals surface area contributed by atoms with E-state index in [2.05, 4.69) is 51.1 Å². The van der Waals surface area contributed by atoms with Crippen LogP contribution in [0.25, 0.3) is 0 Å². The highest BCUT2D eigenvalue weighted by Crippen LogP contribution is 2.18. The Balaban J connectivity index is -0.0000000840. The molecule has 0 aromatic heterocycles. The third kappa shape index (κ3) is 5.60. The second-order valence-electron chi connectivity index (χ2n) is 3.70. The van der Waals surface area contributed by atoms with E-state index in [0.29, 0.717) is 0 Å². The van der Waals surface area contributed by atoms with Gasteiger partial charge in [-0.25, -0.2) is 9.59 Å². The van der Waals surface area contributed by atoms with E-state index >= 15 is 0 Å². The van der Waals surface area contributed by atoms with E-state index in [1.807, 2.05) is 0 Å². The van der Waals surface area contributed by atoms with Crippen LogP contribution in [0.15, 0.2) is 18.2 Å². The van der Waals surface area contributed by atoms with Crippen molar-refractivity contribution in [1.82, 2.24) is 0 Å². The molecule has 0 atom stereocenters. The van der Waals surface area contributed by atoms with E-state index in [4.69, 9.17) is 11.2 Å². The van der Waals surface area contributed by atoms with Crippen molar-refractivity contribution in [1.29, 1.82) is 0 Å². The van der Waals surface area contributed by atoms with Crippen molar-refractivity contribution in [2.75, 3.05) is 14.2 Å². The Bertz CT molecular complexity index is 832. The molecule has 130 valence electrons. The summed E-state index contributed by atoms with van der Waals surface area (Å²) in [6.07, 6.45) is 7.22. The zero-order chi connectivity index (χ0) is 17.1. The number of benzene rings is 1. The van der Waals surface area contributed by atoms with Crippen molar-refractivity contribution >= 4 is 11.9 Å². The van der Waals surface area contributed by atoms with E-state index in [0.717, 1.165) is 0 Å². The van der Waals surface area contributed by atoms with Crippen LogP contribution in [0.3, 0.4) is 0 Å². The van der Waals surface area contributed by atoms with Gasteiger partial charge in [0.05, 0.1) is 25.3 Å². The first kappa shape index (κ1) is 17.3. The van der Waals surface area contributed by atoms with Crippen molar-refractivity contribution in [3.05, 3.63) is 29.3 Å². The van der Waals surface area contributed by atoms with E-state index in [9.17, 15) is 9.59 Å². The summed E-state index contributed by atoms with van der Waals surface area (Å²) in [6, 6.07) is 4.07. The molecule has 0 amide bonds. The van der Waals surface area contributed by atoms with Crippen molar-refractivity contribution in [2.24, 2.45) is 0 Å². The highest BCUT2D eigenvalue weighted by Gasteiger charge is 2.14. The van der Waals surface area contributed by atoms with Crippen LogP contribution in [-0.4, -0.2) is 26.2 Å². The van der Waals surface area contributed by atoms with Crippen molar-refractivity contribution in [2.45, 2.75) is 0 Å². The molecule has 1 aromatic carbocycles. The van der Waals surface area contributed by atoms with Gasteiger partial charge < -0.3 is 14.2 Å². The topological polar surface area (TPSA) is 61.8 Å². The molecule has 0 saturated heterocycles. The molecule has 0 saturated carbocycles. The zero-order valence-corrected chi connectivity index (χ0v) is 12.4. The minimum Gasteiger partial charge on any atom is -0.465 e. The van der Waals surface area contributed by atoms with Gasteiger partial charge in [-0.2, -0.15) is 0 Å². The number of carbonyl (C=O) groups is 2. The van der Waals surface area contributed by atoms with E-state index < -0.39 is 11.9 Å². The van der Waals surface area contributed by atoms with E-state index in [1.54, 1.807) is 0 Å². The summed E-state index contributed by atoms with van der Waals surface area (Å²) >= 11 is 0. The van der Waals surface area contributed by atoms with Gasteiger partial charge in [-0.1, -0.05) is 0 Å². The number of terminal acetylenes is 1. The first-order chi connectivity index (χ1) is 11.1. The van der Waals surface area contributed by atoms with Crippen molar-refractivity contribution in [3.63, 3.8) is 0 Å². The minimum absolute atomic E-state index is 0. The number of esters is 2. The quantitative estimate of drug-likeness (QED) is 0.629. The fourth-order valence-corrected chi connectivity index (χ4v) is 1.37. The SMILES string of the molecule is C#CC#CC#CC#COc1cc(C(=O)OC)cc(C(=O)OC)c1.[HH].[HH].[HH].[HH].[HH].[HH].[HH].[HH].[HH]. The molecule has 1 aromatic rings. The summed E-state index contributed by atoms with van der Waals surface area (Å²) in [4.78, 5) is 23.2. The fourth-order valence-electron chi connectivity index (χ4n) is 1.37. The largest absolute Gasteiger partial charge is 0.465 e. The minimum atomic E-state index is -0.627. The van der Waals surface area contributed by atoms with Crippen molar-refractivity contribution in [3.8, 4) is 53.8 Å². The lowest BCUT2D eigenvalue weighted by Crippen LogP contribution is -2.07. The molecule has 0 spiro atoms. The summed E-state index contributed by atoms with van der Waals surface area (Å²) in [6.45, 7) is 0. The number of carbonyl (C=O) groups excluding carboxylic acids is 2. The lowest BCUT2D eigenvalue weighted by Gasteiger charge is -2.05. The van der Waals surface area contributed by atoms with Gasteiger partial charge in [0.1, 0.15) is 11.9 Å². The van der Waals surface area contributed by atoms with Gasteiger partial charge in [-0.3, -0.25) is 0 Å². The Labute approximate surface area is 147 Å². The maximum absolute atomic E-state index is 11.6. The molecule has 0 heterocycles. The first-order valence-electron chi connectivity index (χ1n) is 6.06. The van der Waals surface area contributed by atoms with Gasteiger partial charge in [0.15, 0.2) is 0 Å². The number of hydrogen-bond donors (Lipinski definition) is 0. The van der Waals surface area contributed by atoms with Gasteiger partial charge >= 0.3 is 11.9 Å². The molecule has 0 radical (unpaired) electrons. The Morgan fingerprint density at radius 3 is 1.96 bits per heavy atom. The lowest BCUT2D eigenvalue weighted by atomic mass is 10.1. The van der Waals surface area contributed by atoms with Crippen LogP contribution in [0.1, 0.15) is 33.6 Å². The monoisotopic (exact) mass is 324 g/mol. The predicted octanol–water partition coefficient (Wildman–Crippen LogP) is 3.45. The van der Waals surface area contributed by atoms with Gasteiger partial charge in [0.25, 0.3) is 0 Å². The highest BCUT2D eigenvalue weighted by atomic mass is 16.5. The molecule has 0 fully saturated rings. The lowest BCUT2D eigenvalue weighted by molar-refractivity contribution is 0.0598. The van der Waals surface area contributed by atoms with Gasteiger partial charge in [-0.15, -0.1) is 6.42 Å². The zero-order valence-electron chi connectivity index (χ0n) is 12.4. The highest BCUT2D eigenvalue weighted by molar-refractivity contribution is 5.96. The van der Waals surface area contributed by atoms with Crippen LogP contribution in [0, 0.1) is 48.1 Å². The average Bonchev–Trinajstić information content (AvgIpc) is 2.59. The Morgan fingerprint density at radius 1 is 0.913 bits per heavy atom. The molecule has 5 heteroatoms. The first-order valence-corrected chi connectivity index (χ1v) is 6.06. The predicted molar refractivity (Wildman–Crippen MR) is 101 cm³/mol. The fraction of sp³-hybridized carbons (Fsp3) is 0.111. The molecule has 1 rings (SSSR count). The molecule has 0 bridgehead atoms.